The lowest BCUT2D eigenvalue weighted by Crippen LogP contribution is -2.20. The van der Waals surface area contributed by atoms with E-state index in [0.717, 1.165) is 6.07 Å². The molecule has 1 nitrogen and oxygen atoms in total. The van der Waals surface area contributed by atoms with Crippen LogP contribution in [0.1, 0.15) is 0 Å². The number of thiol groups is 1. The molecule has 0 amide bonds. The second-order valence-electron chi connectivity index (χ2n) is 2.74. The van der Waals surface area contributed by atoms with Crippen LogP contribution in [-0.4, -0.2) is 19.3 Å². The number of hydrogen-bond acceptors (Lipinski definition) is 2. The van der Waals surface area contributed by atoms with Crippen LogP contribution in [0.5, 0.6) is 0 Å². The third-order valence-electron chi connectivity index (χ3n) is 1.76. The second kappa shape index (κ2) is 4.46. The maximum absolute atomic E-state index is 13.1. The number of hydrogen-bond donors (Lipinski definition) is 1. The van der Waals surface area contributed by atoms with Gasteiger partial charge >= 0.3 is 0 Å². The predicted molar refractivity (Wildman–Crippen MR) is 53.5 cm³/mol. The first kappa shape index (κ1) is 10.3. The van der Waals surface area contributed by atoms with Crippen LogP contribution in [0, 0.1) is 11.6 Å². The van der Waals surface area contributed by atoms with E-state index < -0.39 is 11.6 Å². The van der Waals surface area contributed by atoms with Gasteiger partial charge in [-0.05, 0) is 12.1 Å². The molecule has 0 radical (unpaired) electrons. The summed E-state index contributed by atoms with van der Waals surface area (Å²) in [6, 6.07) is 3.55. The molecule has 0 bridgehead atoms. The zero-order chi connectivity index (χ0) is 9.84. The van der Waals surface area contributed by atoms with Crippen molar-refractivity contribution in [2.45, 2.75) is 0 Å². The SMILES string of the molecule is CN(CCS)c1ccc(F)cc1F. The van der Waals surface area contributed by atoms with Crippen LogP contribution in [0.25, 0.3) is 0 Å². The lowest BCUT2D eigenvalue weighted by atomic mass is 10.3. The van der Waals surface area contributed by atoms with Gasteiger partial charge in [-0.1, -0.05) is 0 Å². The molecular formula is C9H11F2NS. The van der Waals surface area contributed by atoms with E-state index in [-0.39, 0.29) is 0 Å². The van der Waals surface area contributed by atoms with Crippen LogP contribution in [0.3, 0.4) is 0 Å². The lowest BCUT2D eigenvalue weighted by Gasteiger charge is -2.18. The van der Waals surface area contributed by atoms with Crippen molar-refractivity contribution in [2.24, 2.45) is 0 Å². The largest absolute Gasteiger partial charge is 0.371 e. The Hall–Kier alpha value is -0.770. The Kier molecular flexibility index (Phi) is 3.54. The molecule has 0 saturated carbocycles. The highest BCUT2D eigenvalue weighted by Crippen LogP contribution is 2.18. The van der Waals surface area contributed by atoms with Gasteiger partial charge in [0.1, 0.15) is 11.6 Å². The van der Waals surface area contributed by atoms with E-state index in [2.05, 4.69) is 12.6 Å². The molecule has 0 aromatic heterocycles. The number of anilines is 1. The standard InChI is InChI=1S/C9H11F2NS/c1-12(4-5-13)9-3-2-7(10)6-8(9)11/h2-3,6,13H,4-5H2,1H3. The summed E-state index contributed by atoms with van der Waals surface area (Å²) in [6.45, 7) is 0.631. The van der Waals surface area contributed by atoms with E-state index in [1.165, 1.54) is 12.1 Å². The van der Waals surface area contributed by atoms with Gasteiger partial charge in [-0.15, -0.1) is 0 Å². The Balaban J connectivity index is 2.88. The van der Waals surface area contributed by atoms with Crippen LogP contribution < -0.4 is 4.90 Å². The second-order valence-corrected chi connectivity index (χ2v) is 3.19. The number of rotatable bonds is 3. The first-order valence-corrected chi connectivity index (χ1v) is 4.55. The molecule has 0 saturated heterocycles. The maximum Gasteiger partial charge on any atom is 0.149 e. The molecule has 72 valence electrons. The Morgan fingerprint density at radius 1 is 1.38 bits per heavy atom. The van der Waals surface area contributed by atoms with E-state index in [1.807, 2.05) is 0 Å². The Morgan fingerprint density at radius 3 is 2.62 bits per heavy atom. The highest BCUT2D eigenvalue weighted by Gasteiger charge is 2.06. The lowest BCUT2D eigenvalue weighted by molar-refractivity contribution is 0.581. The topological polar surface area (TPSA) is 3.24 Å². The molecule has 0 atom stereocenters. The first-order valence-electron chi connectivity index (χ1n) is 3.92. The number of nitrogens with zero attached hydrogens (tertiary/aromatic N) is 1. The van der Waals surface area contributed by atoms with Crippen LogP contribution in [-0.2, 0) is 0 Å². The third kappa shape index (κ3) is 2.59. The molecule has 0 aliphatic carbocycles. The van der Waals surface area contributed by atoms with Crippen molar-refractivity contribution < 1.29 is 8.78 Å². The molecule has 13 heavy (non-hydrogen) atoms. The van der Waals surface area contributed by atoms with Gasteiger partial charge in [0.05, 0.1) is 5.69 Å². The molecule has 4 heteroatoms. The van der Waals surface area contributed by atoms with Crippen molar-refractivity contribution in [3.8, 4) is 0 Å². The van der Waals surface area contributed by atoms with E-state index >= 15 is 0 Å². The highest BCUT2D eigenvalue weighted by atomic mass is 32.1. The van der Waals surface area contributed by atoms with Gasteiger partial charge < -0.3 is 4.90 Å². The van der Waals surface area contributed by atoms with Crippen LogP contribution in [0.2, 0.25) is 0 Å². The van der Waals surface area contributed by atoms with E-state index in [9.17, 15) is 8.78 Å². The molecule has 0 spiro atoms. The van der Waals surface area contributed by atoms with Crippen molar-refractivity contribution in [2.75, 3.05) is 24.2 Å². The predicted octanol–water partition coefficient (Wildman–Crippen LogP) is 2.33. The smallest absolute Gasteiger partial charge is 0.149 e. The minimum absolute atomic E-state index is 0.399. The average Bonchev–Trinajstić information content (AvgIpc) is 2.04. The first-order chi connectivity index (χ1) is 6.15. The summed E-state index contributed by atoms with van der Waals surface area (Å²) in [5, 5.41) is 0. The molecule has 0 aliphatic rings. The molecule has 0 unspecified atom stereocenters. The third-order valence-corrected chi connectivity index (χ3v) is 1.96. The summed E-state index contributed by atoms with van der Waals surface area (Å²) >= 11 is 4.03. The van der Waals surface area contributed by atoms with Crippen LogP contribution in [0.4, 0.5) is 14.5 Å². The quantitative estimate of drug-likeness (QED) is 0.738. The van der Waals surface area contributed by atoms with Gasteiger partial charge in [0.15, 0.2) is 0 Å². The van der Waals surface area contributed by atoms with E-state index in [1.54, 1.807) is 11.9 Å². The minimum Gasteiger partial charge on any atom is -0.371 e. The van der Waals surface area contributed by atoms with Gasteiger partial charge in [0.25, 0.3) is 0 Å². The molecule has 1 aromatic carbocycles. The van der Waals surface area contributed by atoms with Gasteiger partial charge in [-0.25, -0.2) is 8.78 Å². The monoisotopic (exact) mass is 203 g/mol. The summed E-state index contributed by atoms with van der Waals surface area (Å²) in [5.41, 5.74) is 0.399. The average molecular weight is 203 g/mol. The maximum atomic E-state index is 13.1. The summed E-state index contributed by atoms with van der Waals surface area (Å²) in [4.78, 5) is 1.70. The summed E-state index contributed by atoms with van der Waals surface area (Å²) in [7, 11) is 1.74. The number of halogens is 2. The summed E-state index contributed by atoms with van der Waals surface area (Å²) < 4.78 is 25.6. The van der Waals surface area contributed by atoms with Crippen LogP contribution in [0.15, 0.2) is 18.2 Å². The van der Waals surface area contributed by atoms with Gasteiger partial charge in [0, 0.05) is 25.4 Å². The fourth-order valence-corrected chi connectivity index (χ4v) is 1.36. The Morgan fingerprint density at radius 2 is 2.08 bits per heavy atom. The Labute approximate surface area is 81.8 Å². The summed E-state index contributed by atoms with van der Waals surface area (Å²) in [6.07, 6.45) is 0. The molecular weight excluding hydrogens is 192 g/mol. The molecule has 0 aliphatic heterocycles. The van der Waals surface area contributed by atoms with E-state index in [0.29, 0.717) is 18.0 Å². The van der Waals surface area contributed by atoms with Crippen molar-refractivity contribution in [3.05, 3.63) is 29.8 Å². The fourth-order valence-electron chi connectivity index (χ4n) is 1.06. The van der Waals surface area contributed by atoms with Crippen LogP contribution >= 0.6 is 12.6 Å². The molecule has 1 aromatic rings. The zero-order valence-electron chi connectivity index (χ0n) is 7.30. The van der Waals surface area contributed by atoms with Crippen molar-refractivity contribution >= 4 is 18.3 Å². The fraction of sp³-hybridized carbons (Fsp3) is 0.333. The molecule has 1 rings (SSSR count). The summed E-state index contributed by atoms with van der Waals surface area (Å²) in [5.74, 6) is -0.461. The highest BCUT2D eigenvalue weighted by molar-refractivity contribution is 7.80. The minimum atomic E-state index is -0.555. The number of benzene rings is 1. The Bertz CT molecular complexity index is 291. The zero-order valence-corrected chi connectivity index (χ0v) is 8.19. The normalized spacial score (nSPS) is 10.2. The van der Waals surface area contributed by atoms with Gasteiger partial charge in [0.2, 0.25) is 0 Å². The van der Waals surface area contributed by atoms with Gasteiger partial charge in [-0.3, -0.25) is 0 Å². The van der Waals surface area contributed by atoms with Gasteiger partial charge in [-0.2, -0.15) is 12.6 Å². The molecule has 0 heterocycles. The molecule has 0 fully saturated rings. The van der Waals surface area contributed by atoms with Crippen molar-refractivity contribution in [1.82, 2.24) is 0 Å². The van der Waals surface area contributed by atoms with E-state index in [4.69, 9.17) is 0 Å². The van der Waals surface area contributed by atoms with Crippen molar-refractivity contribution in [1.29, 1.82) is 0 Å². The molecule has 0 N–H and O–H groups in total. The van der Waals surface area contributed by atoms with Crippen molar-refractivity contribution in [3.63, 3.8) is 0 Å².